The Kier molecular flexibility index (Phi) is 13.5. The summed E-state index contributed by atoms with van der Waals surface area (Å²) in [6.45, 7) is 6.05. The lowest BCUT2D eigenvalue weighted by molar-refractivity contribution is -0.123. The number of aliphatic hydroxyl groups is 2. The summed E-state index contributed by atoms with van der Waals surface area (Å²) >= 11 is 3.51. The molecule has 0 bridgehead atoms. The lowest BCUT2D eigenvalue weighted by atomic mass is 9.68. The van der Waals surface area contributed by atoms with Crippen molar-refractivity contribution < 1.29 is 39.4 Å². The Bertz CT molecular complexity index is 2380. The zero-order valence-corrected chi connectivity index (χ0v) is 37.1. The van der Waals surface area contributed by atoms with Gasteiger partial charge in [0.15, 0.2) is 0 Å². The van der Waals surface area contributed by atoms with E-state index in [1.54, 1.807) is 24.3 Å². The molecule has 61 heavy (non-hydrogen) atoms. The van der Waals surface area contributed by atoms with Crippen LogP contribution in [0.5, 0.6) is 5.75 Å². The van der Waals surface area contributed by atoms with Gasteiger partial charge in [-0.1, -0.05) is 140 Å². The number of rotatable bonds is 14. The normalized spacial score (nSPS) is 19.0. The third kappa shape index (κ3) is 8.90. The number of anilines is 1. The first-order valence-corrected chi connectivity index (χ1v) is 23.3. The number of hydrogen-bond acceptors (Lipinski definition) is 8. The Morgan fingerprint density at radius 3 is 2.08 bits per heavy atom. The van der Waals surface area contributed by atoms with Crippen LogP contribution in [0.3, 0.4) is 0 Å². The Labute approximate surface area is 367 Å². The molecule has 5 N–H and O–H groups in total. The smallest absolute Gasteiger partial charge is 0.488 e. The Balaban J connectivity index is 1.33. The number of phenols is 1. The molecule has 1 saturated heterocycles. The molecule has 12 heteroatoms. The van der Waals surface area contributed by atoms with Gasteiger partial charge in [-0.2, -0.15) is 0 Å². The molecule has 5 aromatic carbocycles. The van der Waals surface area contributed by atoms with Crippen LogP contribution in [0.25, 0.3) is 11.6 Å². The van der Waals surface area contributed by atoms with Crippen LogP contribution in [0, 0.1) is 17.8 Å². The Morgan fingerprint density at radius 2 is 1.49 bits per heavy atom. The number of allylic oxidation sites excluding steroid dienone is 1. The lowest BCUT2D eigenvalue weighted by Gasteiger charge is -2.44. The quantitative estimate of drug-likeness (QED) is 0.0383. The maximum atomic E-state index is 14.5. The molecular weight excluding hydrogens is 849 g/mol. The van der Waals surface area contributed by atoms with Crippen molar-refractivity contribution in [3.63, 3.8) is 0 Å². The molecule has 0 aromatic heterocycles. The van der Waals surface area contributed by atoms with Crippen LogP contribution in [-0.2, 0) is 14.0 Å². The number of amides is 2. The molecule has 0 unspecified atom stereocenters. The van der Waals surface area contributed by atoms with Gasteiger partial charge in [0.1, 0.15) is 5.75 Å². The lowest BCUT2D eigenvalue weighted by Crippen LogP contribution is -2.66. The number of carbonyl (C=O) groups excluding carboxylic acids is 2. The maximum absolute atomic E-state index is 14.5. The maximum Gasteiger partial charge on any atom is 0.488 e. The first-order valence-electron chi connectivity index (χ1n) is 20.6. The zero-order valence-electron chi connectivity index (χ0n) is 34.5. The predicted molar refractivity (Wildman–Crippen MR) is 247 cm³/mol. The monoisotopic (exact) mass is 899 g/mol. The first kappa shape index (κ1) is 44.1. The molecule has 0 radical (unpaired) electrons. The van der Waals surface area contributed by atoms with E-state index in [-0.39, 0.29) is 41.4 Å². The molecule has 314 valence electrons. The minimum Gasteiger partial charge on any atom is -0.507 e. The third-order valence-electron chi connectivity index (χ3n) is 12.2. The van der Waals surface area contributed by atoms with E-state index < -0.39 is 57.7 Å². The van der Waals surface area contributed by atoms with Gasteiger partial charge in [-0.15, -0.1) is 0 Å². The molecule has 0 saturated carbocycles. The fraction of sp³-hybridized carbons (Fsp3) is 0.265. The van der Waals surface area contributed by atoms with E-state index >= 15 is 0 Å². The minimum absolute atomic E-state index is 0.0420. The number of phenolic OH excluding ortho intramolecular Hbond substituents is 1. The van der Waals surface area contributed by atoms with Crippen LogP contribution in [0.2, 0.25) is 5.04 Å². The third-order valence-corrected chi connectivity index (χ3v) is 17.7. The van der Waals surface area contributed by atoms with Crippen LogP contribution in [0.4, 0.5) is 5.69 Å². The summed E-state index contributed by atoms with van der Waals surface area (Å²) in [7, 11) is -4.94. The summed E-state index contributed by atoms with van der Waals surface area (Å²) in [5.41, 5.74) is 3.84. The number of benzene rings is 5. The van der Waals surface area contributed by atoms with Gasteiger partial charge >= 0.3 is 7.12 Å². The van der Waals surface area contributed by atoms with Gasteiger partial charge in [-0.25, -0.2) is 0 Å². The second-order valence-corrected chi connectivity index (χ2v) is 22.1. The first-order chi connectivity index (χ1) is 29.2. The topological polar surface area (TPSA) is 148 Å². The van der Waals surface area contributed by atoms with Crippen molar-refractivity contribution in [1.29, 1.82) is 0 Å². The summed E-state index contributed by atoms with van der Waals surface area (Å²) < 4.78 is 8.22. The summed E-state index contributed by atoms with van der Waals surface area (Å²) in [4.78, 5) is 30.1. The number of aliphatic hydroxyl groups excluding tert-OH is 2. The van der Waals surface area contributed by atoms with Crippen molar-refractivity contribution in [2.75, 3.05) is 18.1 Å². The van der Waals surface area contributed by atoms with Gasteiger partial charge in [0.05, 0.1) is 36.8 Å². The SMILES string of the molecule is CC(C)(C)[Si](OCC1=C([C@H](O)CC/C(=C/c2cc(Br)ccc2O)c2ccccc2)[C@H](CO)[C@@H]2C(=O)N(c3cccc(B(O)O)c3)C(=O)[C@@H]2C1)(c1ccccc1)c1ccccc1. The van der Waals surface area contributed by atoms with Crippen molar-refractivity contribution >= 4 is 76.4 Å². The highest BCUT2D eigenvalue weighted by molar-refractivity contribution is 9.10. The van der Waals surface area contributed by atoms with Gasteiger partial charge < -0.3 is 29.8 Å². The fourth-order valence-corrected chi connectivity index (χ4v) is 14.3. The standard InChI is InChI=1S/C49H51BBrNO8Si/c1-49(2,3)61(39-18-9-5-10-19-39,40-20-11-6-12-21-40)60-31-35-28-41-46(48(57)52(47(41)56)38-17-13-16-36(29-38)50(58)59)42(30-53)45(35)44(55)24-22-33(32-14-7-4-8-15-32)26-34-27-37(51)23-25-43(34)54/h4-21,23,25-27,29,41-42,44,46,53-55,58-59H,22,24,28,30-31H2,1-3H3/b33-26-/t41-,42+,44-,46-/m1/s1. The Morgan fingerprint density at radius 1 is 0.869 bits per heavy atom. The average molecular weight is 901 g/mol. The molecule has 5 aromatic rings. The van der Waals surface area contributed by atoms with E-state index in [2.05, 4.69) is 61.0 Å². The van der Waals surface area contributed by atoms with Gasteiger partial charge in [0.25, 0.3) is 8.32 Å². The van der Waals surface area contributed by atoms with E-state index in [1.165, 1.54) is 12.1 Å². The molecule has 9 nitrogen and oxygen atoms in total. The van der Waals surface area contributed by atoms with Crippen molar-refractivity contribution in [3.05, 3.63) is 160 Å². The predicted octanol–water partition coefficient (Wildman–Crippen LogP) is 6.21. The molecule has 2 amide bonds. The highest BCUT2D eigenvalue weighted by Gasteiger charge is 2.56. The van der Waals surface area contributed by atoms with Crippen molar-refractivity contribution in [1.82, 2.24) is 0 Å². The van der Waals surface area contributed by atoms with E-state index in [9.17, 15) is 35.0 Å². The Hall–Kier alpha value is -4.92. The van der Waals surface area contributed by atoms with Crippen LogP contribution >= 0.6 is 15.9 Å². The second kappa shape index (κ2) is 18.6. The highest BCUT2D eigenvalue weighted by Crippen LogP contribution is 2.48. The van der Waals surface area contributed by atoms with E-state index in [0.29, 0.717) is 23.1 Å². The number of hydrogen-bond donors (Lipinski definition) is 5. The van der Waals surface area contributed by atoms with Crippen molar-refractivity contribution in [2.45, 2.75) is 51.2 Å². The number of carbonyl (C=O) groups is 2. The number of aromatic hydroxyl groups is 1. The van der Waals surface area contributed by atoms with E-state index in [4.69, 9.17) is 4.43 Å². The average Bonchev–Trinajstić information content (AvgIpc) is 3.51. The van der Waals surface area contributed by atoms with Gasteiger partial charge in [-0.3, -0.25) is 14.5 Å². The van der Waals surface area contributed by atoms with E-state index in [1.807, 2.05) is 78.9 Å². The number of fused-ring (bicyclic) bond motifs is 1. The number of imide groups is 1. The summed E-state index contributed by atoms with van der Waals surface area (Å²) in [5, 5.41) is 56.2. The number of nitrogens with zero attached hydrogens (tertiary/aromatic N) is 1. The molecule has 1 aliphatic carbocycles. The summed E-state index contributed by atoms with van der Waals surface area (Å²) in [5.74, 6) is -3.64. The summed E-state index contributed by atoms with van der Waals surface area (Å²) in [6.07, 6.45) is 1.43. The highest BCUT2D eigenvalue weighted by atomic mass is 79.9. The largest absolute Gasteiger partial charge is 0.507 e. The molecule has 1 heterocycles. The zero-order chi connectivity index (χ0) is 43.5. The molecule has 2 aliphatic rings. The van der Waals surface area contributed by atoms with Crippen molar-refractivity contribution in [3.8, 4) is 5.75 Å². The van der Waals surface area contributed by atoms with Gasteiger partial charge in [-0.05, 0) is 98.8 Å². The molecule has 4 atom stereocenters. The van der Waals surface area contributed by atoms with Crippen molar-refractivity contribution in [2.24, 2.45) is 17.8 Å². The molecule has 1 aliphatic heterocycles. The molecule has 0 spiro atoms. The van der Waals surface area contributed by atoms with Crippen LogP contribution in [0.1, 0.15) is 51.2 Å². The fourth-order valence-electron chi connectivity index (χ4n) is 9.36. The second-order valence-electron chi connectivity index (χ2n) is 16.9. The minimum atomic E-state index is -3.14. The van der Waals surface area contributed by atoms with Crippen LogP contribution in [-0.4, -0.2) is 71.9 Å². The molecule has 1 fully saturated rings. The van der Waals surface area contributed by atoms with Gasteiger partial charge in [0, 0.05) is 16.0 Å². The summed E-state index contributed by atoms with van der Waals surface area (Å²) in [6, 6.07) is 41.3. The van der Waals surface area contributed by atoms with Crippen LogP contribution < -0.4 is 20.7 Å². The van der Waals surface area contributed by atoms with Crippen LogP contribution in [0.15, 0.2) is 149 Å². The molecule has 7 rings (SSSR count). The number of halogens is 1. The van der Waals surface area contributed by atoms with Gasteiger partial charge in [0.2, 0.25) is 11.8 Å². The van der Waals surface area contributed by atoms with E-state index in [0.717, 1.165) is 30.9 Å². The molecular formula is C49H51BBrNO8Si.